The third kappa shape index (κ3) is 6.09. The van der Waals surface area contributed by atoms with E-state index < -0.39 is 10.0 Å². The van der Waals surface area contributed by atoms with E-state index in [2.05, 4.69) is 29.5 Å². The van der Waals surface area contributed by atoms with Crippen LogP contribution in [0.3, 0.4) is 0 Å². The maximum Gasteiger partial charge on any atom is 0.214 e. The fraction of sp³-hybridized carbons (Fsp3) is 0.923. The zero-order valence-electron chi connectivity index (χ0n) is 12.9. The van der Waals surface area contributed by atoms with E-state index in [4.69, 9.17) is 0 Å². The second-order valence-corrected chi connectivity index (χ2v) is 7.53. The van der Waals surface area contributed by atoms with Gasteiger partial charge in [-0.2, -0.15) is 0 Å². The molecule has 0 amide bonds. The Bertz CT molecular complexity index is 407. The van der Waals surface area contributed by atoms with E-state index in [1.807, 2.05) is 6.92 Å². The second kappa shape index (κ2) is 8.46. The summed E-state index contributed by atoms with van der Waals surface area (Å²) in [6.45, 7) is 9.70. The van der Waals surface area contributed by atoms with Crippen molar-refractivity contribution in [2.45, 2.75) is 33.6 Å². The van der Waals surface area contributed by atoms with Crippen LogP contribution in [0.5, 0.6) is 0 Å². The first-order valence-electron chi connectivity index (χ1n) is 7.45. The molecule has 0 radical (unpaired) electrons. The molecule has 0 spiro atoms. The predicted octanol–water partition coefficient (Wildman–Crippen LogP) is 0.623. The van der Waals surface area contributed by atoms with Crippen LogP contribution in [-0.2, 0) is 10.0 Å². The highest BCUT2D eigenvalue weighted by Gasteiger charge is 2.27. The molecular formula is C13H28N4O2S. The minimum absolute atomic E-state index is 0.287. The Morgan fingerprint density at radius 3 is 2.65 bits per heavy atom. The van der Waals surface area contributed by atoms with Crippen molar-refractivity contribution in [1.82, 2.24) is 14.9 Å². The number of aliphatic imine (C=N–C) groups is 1. The Morgan fingerprint density at radius 2 is 2.10 bits per heavy atom. The molecule has 1 saturated heterocycles. The van der Waals surface area contributed by atoms with E-state index in [9.17, 15) is 8.42 Å². The molecule has 0 aromatic rings. The Kier molecular flexibility index (Phi) is 7.29. The summed E-state index contributed by atoms with van der Waals surface area (Å²) in [4.78, 5) is 4.48. The van der Waals surface area contributed by atoms with Crippen molar-refractivity contribution >= 4 is 16.0 Å². The monoisotopic (exact) mass is 304 g/mol. The molecule has 1 aliphatic heterocycles. The smallest absolute Gasteiger partial charge is 0.214 e. The summed E-state index contributed by atoms with van der Waals surface area (Å²) in [5.74, 6) is 1.69. The first-order valence-corrected chi connectivity index (χ1v) is 9.06. The van der Waals surface area contributed by atoms with Crippen molar-refractivity contribution in [1.29, 1.82) is 0 Å². The van der Waals surface area contributed by atoms with Gasteiger partial charge in [-0.15, -0.1) is 0 Å². The van der Waals surface area contributed by atoms with E-state index in [-0.39, 0.29) is 5.75 Å². The summed E-state index contributed by atoms with van der Waals surface area (Å²) in [7, 11) is -2.99. The van der Waals surface area contributed by atoms with Crippen molar-refractivity contribution < 1.29 is 8.42 Å². The van der Waals surface area contributed by atoms with Crippen molar-refractivity contribution in [2.24, 2.45) is 10.9 Å². The predicted molar refractivity (Wildman–Crippen MR) is 83.4 cm³/mol. The van der Waals surface area contributed by atoms with Crippen LogP contribution in [0.25, 0.3) is 0 Å². The quantitative estimate of drug-likeness (QED) is 0.534. The van der Waals surface area contributed by atoms with Gasteiger partial charge in [-0.1, -0.05) is 13.8 Å². The summed E-state index contributed by atoms with van der Waals surface area (Å²) >= 11 is 0. The lowest BCUT2D eigenvalue weighted by Gasteiger charge is -2.16. The van der Waals surface area contributed by atoms with E-state index >= 15 is 0 Å². The van der Waals surface area contributed by atoms with Crippen LogP contribution < -0.4 is 10.6 Å². The molecular weight excluding hydrogens is 276 g/mol. The van der Waals surface area contributed by atoms with E-state index in [1.54, 1.807) is 4.31 Å². The van der Waals surface area contributed by atoms with Crippen molar-refractivity contribution in [3.8, 4) is 0 Å². The van der Waals surface area contributed by atoms with Crippen LogP contribution in [0.15, 0.2) is 4.99 Å². The molecule has 7 heteroatoms. The van der Waals surface area contributed by atoms with Gasteiger partial charge in [-0.25, -0.2) is 12.7 Å². The van der Waals surface area contributed by atoms with Crippen LogP contribution in [0.4, 0.5) is 0 Å². The standard InChI is InChI=1S/C13H28N4O2S/c1-4-14-13(15-7-6-12(2)3)16-8-10-17-9-5-11-20(17,18)19/h12H,4-11H2,1-3H3,(H2,14,15,16). The Morgan fingerprint density at radius 1 is 1.35 bits per heavy atom. The number of sulfonamides is 1. The highest BCUT2D eigenvalue weighted by atomic mass is 32.2. The molecule has 0 saturated carbocycles. The summed E-state index contributed by atoms with van der Waals surface area (Å²) in [5.41, 5.74) is 0. The van der Waals surface area contributed by atoms with Crippen LogP contribution in [-0.4, -0.2) is 57.2 Å². The van der Waals surface area contributed by atoms with Gasteiger partial charge in [0.05, 0.1) is 5.75 Å². The SMILES string of the molecule is CCNC(=NCCC(C)C)NCCN1CCCS1(=O)=O. The molecule has 1 rings (SSSR count). The lowest BCUT2D eigenvalue weighted by Crippen LogP contribution is -2.42. The molecule has 2 N–H and O–H groups in total. The van der Waals surface area contributed by atoms with Crippen molar-refractivity contribution in [2.75, 3.05) is 38.5 Å². The molecule has 1 heterocycles. The number of nitrogens with one attached hydrogen (secondary N) is 2. The number of guanidine groups is 1. The minimum atomic E-state index is -2.99. The van der Waals surface area contributed by atoms with Gasteiger partial charge in [0.2, 0.25) is 10.0 Å². The van der Waals surface area contributed by atoms with Crippen LogP contribution in [0.1, 0.15) is 33.6 Å². The van der Waals surface area contributed by atoms with E-state index in [0.717, 1.165) is 31.9 Å². The topological polar surface area (TPSA) is 73.8 Å². The number of hydrogen-bond acceptors (Lipinski definition) is 3. The highest BCUT2D eigenvalue weighted by molar-refractivity contribution is 7.89. The lowest BCUT2D eigenvalue weighted by molar-refractivity contribution is 0.445. The first-order chi connectivity index (χ1) is 9.45. The first kappa shape index (κ1) is 17.2. The highest BCUT2D eigenvalue weighted by Crippen LogP contribution is 2.11. The number of rotatable bonds is 7. The van der Waals surface area contributed by atoms with Gasteiger partial charge in [-0.05, 0) is 25.7 Å². The maximum atomic E-state index is 11.7. The average Bonchev–Trinajstić information content (AvgIpc) is 2.68. The third-order valence-corrected chi connectivity index (χ3v) is 5.13. The van der Waals surface area contributed by atoms with Gasteiger partial charge in [0.1, 0.15) is 0 Å². The molecule has 0 aliphatic carbocycles. The second-order valence-electron chi connectivity index (χ2n) is 5.44. The number of hydrogen-bond donors (Lipinski definition) is 2. The van der Waals surface area contributed by atoms with Gasteiger partial charge in [0.15, 0.2) is 5.96 Å². The fourth-order valence-corrected chi connectivity index (χ4v) is 3.55. The molecule has 0 bridgehead atoms. The fourth-order valence-electron chi connectivity index (χ4n) is 2.02. The largest absolute Gasteiger partial charge is 0.357 e. The molecule has 0 aromatic heterocycles. The van der Waals surface area contributed by atoms with Crippen molar-refractivity contribution in [3.05, 3.63) is 0 Å². The molecule has 0 unspecified atom stereocenters. The molecule has 0 atom stereocenters. The van der Waals surface area contributed by atoms with Crippen LogP contribution in [0.2, 0.25) is 0 Å². The Balaban J connectivity index is 2.35. The molecule has 1 fully saturated rings. The Hall–Kier alpha value is -0.820. The van der Waals surface area contributed by atoms with E-state index in [1.165, 1.54) is 0 Å². The molecule has 1 aliphatic rings. The van der Waals surface area contributed by atoms with Gasteiger partial charge in [0.25, 0.3) is 0 Å². The number of nitrogens with zero attached hydrogens (tertiary/aromatic N) is 2. The summed E-state index contributed by atoms with van der Waals surface area (Å²) in [5, 5.41) is 6.37. The molecule has 0 aromatic carbocycles. The average molecular weight is 304 g/mol. The summed E-state index contributed by atoms with van der Waals surface area (Å²) < 4.78 is 24.9. The van der Waals surface area contributed by atoms with Crippen LogP contribution in [0, 0.1) is 5.92 Å². The van der Waals surface area contributed by atoms with Crippen LogP contribution >= 0.6 is 0 Å². The summed E-state index contributed by atoms with van der Waals surface area (Å²) in [6, 6.07) is 0. The van der Waals surface area contributed by atoms with Gasteiger partial charge in [0, 0.05) is 32.7 Å². The van der Waals surface area contributed by atoms with Gasteiger partial charge in [-0.3, -0.25) is 4.99 Å². The van der Waals surface area contributed by atoms with E-state index in [0.29, 0.717) is 25.6 Å². The third-order valence-electron chi connectivity index (χ3n) is 3.18. The lowest BCUT2D eigenvalue weighted by atomic mass is 10.1. The molecule has 20 heavy (non-hydrogen) atoms. The minimum Gasteiger partial charge on any atom is -0.357 e. The maximum absolute atomic E-state index is 11.7. The van der Waals surface area contributed by atoms with Gasteiger partial charge >= 0.3 is 0 Å². The normalized spacial score (nSPS) is 19.5. The summed E-state index contributed by atoms with van der Waals surface area (Å²) in [6.07, 6.45) is 1.79. The van der Waals surface area contributed by atoms with Gasteiger partial charge < -0.3 is 10.6 Å². The zero-order chi connectivity index (χ0) is 15.0. The zero-order valence-corrected chi connectivity index (χ0v) is 13.7. The molecule has 6 nitrogen and oxygen atoms in total. The van der Waals surface area contributed by atoms with Crippen molar-refractivity contribution in [3.63, 3.8) is 0 Å². The Labute approximate surface area is 123 Å². The molecule has 118 valence electrons.